The van der Waals surface area contributed by atoms with Gasteiger partial charge >= 0.3 is 5.97 Å². The number of benzene rings is 2. The molecule has 0 radical (unpaired) electrons. The van der Waals surface area contributed by atoms with E-state index >= 15 is 0 Å². The van der Waals surface area contributed by atoms with Crippen LogP contribution in [0.4, 0.5) is 0 Å². The normalized spacial score (nSPS) is 13.9. The van der Waals surface area contributed by atoms with E-state index in [9.17, 15) is 19.2 Å². The van der Waals surface area contributed by atoms with Crippen LogP contribution in [0.25, 0.3) is 0 Å². The van der Waals surface area contributed by atoms with E-state index in [1.165, 1.54) is 12.1 Å². The van der Waals surface area contributed by atoms with Crippen LogP contribution in [0.1, 0.15) is 52.1 Å². The number of hydrogen-bond donors (Lipinski definition) is 1. The molecule has 1 atom stereocenters. The third-order valence-corrected chi connectivity index (χ3v) is 4.18. The molecule has 27 heavy (non-hydrogen) atoms. The number of carbonyl (C=O) groups is 4. The van der Waals surface area contributed by atoms with E-state index in [0.717, 1.165) is 5.56 Å². The van der Waals surface area contributed by atoms with Crippen LogP contribution in [0.3, 0.4) is 0 Å². The zero-order valence-corrected chi connectivity index (χ0v) is 14.7. The lowest BCUT2D eigenvalue weighted by molar-refractivity contribution is -0.169. The maximum absolute atomic E-state index is 12.1. The van der Waals surface area contributed by atoms with Crippen molar-refractivity contribution in [2.24, 2.45) is 0 Å². The van der Waals surface area contributed by atoms with Crippen molar-refractivity contribution >= 4 is 23.7 Å². The van der Waals surface area contributed by atoms with Crippen LogP contribution in [0, 0.1) is 0 Å². The van der Waals surface area contributed by atoms with Gasteiger partial charge in [-0.1, -0.05) is 47.5 Å². The fraction of sp³-hybridized carbons (Fsp3) is 0.200. The highest BCUT2D eigenvalue weighted by Gasteiger charge is 2.38. The summed E-state index contributed by atoms with van der Waals surface area (Å²) in [6, 6.07) is 15.4. The molecule has 0 fully saturated rings. The van der Waals surface area contributed by atoms with Crippen LogP contribution in [0.15, 0.2) is 54.6 Å². The molecule has 3 rings (SSSR count). The SMILES string of the molecule is C[C@H](NC(=O)CCC(=O)ON1C(=O)c2ccccc2C1=O)c1ccccc1. The van der Waals surface area contributed by atoms with E-state index in [2.05, 4.69) is 5.32 Å². The highest BCUT2D eigenvalue weighted by atomic mass is 16.7. The first-order valence-corrected chi connectivity index (χ1v) is 8.50. The fourth-order valence-corrected chi connectivity index (χ4v) is 2.75. The van der Waals surface area contributed by atoms with E-state index in [-0.39, 0.29) is 35.9 Å². The Balaban J connectivity index is 1.50. The summed E-state index contributed by atoms with van der Waals surface area (Å²) in [7, 11) is 0. The molecule has 0 bridgehead atoms. The Morgan fingerprint density at radius 3 is 2.07 bits per heavy atom. The Kier molecular flexibility index (Phi) is 5.30. The van der Waals surface area contributed by atoms with Crippen LogP contribution in [-0.4, -0.2) is 28.8 Å². The number of amides is 3. The molecular formula is C20H18N2O5. The second kappa shape index (κ2) is 7.82. The van der Waals surface area contributed by atoms with Gasteiger partial charge < -0.3 is 10.2 Å². The van der Waals surface area contributed by atoms with Gasteiger partial charge in [0, 0.05) is 6.42 Å². The van der Waals surface area contributed by atoms with Crippen molar-refractivity contribution in [3.05, 3.63) is 71.3 Å². The van der Waals surface area contributed by atoms with E-state index in [1.807, 2.05) is 37.3 Å². The minimum absolute atomic E-state index is 0.112. The van der Waals surface area contributed by atoms with E-state index < -0.39 is 17.8 Å². The molecule has 2 aromatic carbocycles. The second-order valence-corrected chi connectivity index (χ2v) is 6.11. The Morgan fingerprint density at radius 1 is 0.926 bits per heavy atom. The van der Waals surface area contributed by atoms with Crippen molar-refractivity contribution in [1.29, 1.82) is 0 Å². The minimum atomic E-state index is -0.827. The standard InChI is InChI=1S/C20H18N2O5/c1-13(14-7-3-2-4-8-14)21-17(23)11-12-18(24)27-22-19(25)15-9-5-6-10-16(15)20(22)26/h2-10,13H,11-12H2,1H3,(H,21,23)/t13-/m0/s1. The van der Waals surface area contributed by atoms with Crippen LogP contribution >= 0.6 is 0 Å². The van der Waals surface area contributed by atoms with Gasteiger partial charge in [0.1, 0.15) is 0 Å². The third-order valence-electron chi connectivity index (χ3n) is 4.18. The molecule has 2 aromatic rings. The average Bonchev–Trinajstić information content (AvgIpc) is 2.92. The number of nitrogens with one attached hydrogen (secondary N) is 1. The first-order valence-electron chi connectivity index (χ1n) is 8.50. The maximum Gasteiger partial charge on any atom is 0.333 e. The number of rotatable bonds is 6. The first-order chi connectivity index (χ1) is 13.0. The summed E-state index contributed by atoms with van der Waals surface area (Å²) in [6.07, 6.45) is -0.361. The van der Waals surface area contributed by atoms with Gasteiger partial charge in [-0.3, -0.25) is 14.4 Å². The number of hydrogen-bond acceptors (Lipinski definition) is 5. The molecule has 1 aliphatic rings. The van der Waals surface area contributed by atoms with E-state index in [4.69, 9.17) is 4.84 Å². The molecule has 7 heteroatoms. The number of carbonyl (C=O) groups excluding carboxylic acids is 4. The van der Waals surface area contributed by atoms with Crippen molar-refractivity contribution in [2.45, 2.75) is 25.8 Å². The van der Waals surface area contributed by atoms with Crippen molar-refractivity contribution in [3.8, 4) is 0 Å². The zero-order valence-electron chi connectivity index (χ0n) is 14.7. The number of hydroxylamine groups is 2. The van der Waals surface area contributed by atoms with E-state index in [0.29, 0.717) is 5.06 Å². The van der Waals surface area contributed by atoms with Crippen LogP contribution in [-0.2, 0) is 14.4 Å². The predicted molar refractivity (Wildman–Crippen MR) is 95.3 cm³/mol. The molecular weight excluding hydrogens is 348 g/mol. The molecule has 138 valence electrons. The molecule has 3 amide bonds. The smallest absolute Gasteiger partial charge is 0.333 e. The molecule has 0 aliphatic carbocycles. The maximum atomic E-state index is 12.1. The van der Waals surface area contributed by atoms with Gasteiger partial charge in [-0.2, -0.15) is 0 Å². The van der Waals surface area contributed by atoms with Crippen LogP contribution < -0.4 is 5.32 Å². The van der Waals surface area contributed by atoms with E-state index in [1.54, 1.807) is 12.1 Å². The van der Waals surface area contributed by atoms with Crippen molar-refractivity contribution < 1.29 is 24.0 Å². The second-order valence-electron chi connectivity index (χ2n) is 6.11. The number of nitrogens with zero attached hydrogens (tertiary/aromatic N) is 1. The number of imide groups is 1. The molecule has 0 saturated heterocycles. The summed E-state index contributed by atoms with van der Waals surface area (Å²) >= 11 is 0. The number of fused-ring (bicyclic) bond motifs is 1. The molecule has 1 aliphatic heterocycles. The Labute approximate surface area is 155 Å². The summed E-state index contributed by atoms with van der Waals surface area (Å²) in [5, 5.41) is 3.22. The summed E-state index contributed by atoms with van der Waals surface area (Å²) in [5.74, 6) is -2.53. The Hall–Kier alpha value is -3.48. The lowest BCUT2D eigenvalue weighted by atomic mass is 10.1. The quantitative estimate of drug-likeness (QED) is 0.793. The van der Waals surface area contributed by atoms with Gasteiger partial charge in [0.05, 0.1) is 23.6 Å². The molecule has 1 heterocycles. The topological polar surface area (TPSA) is 92.8 Å². The van der Waals surface area contributed by atoms with Gasteiger partial charge in [0.15, 0.2) is 0 Å². The molecule has 7 nitrogen and oxygen atoms in total. The predicted octanol–water partition coefficient (Wildman–Crippen LogP) is 2.40. The lowest BCUT2D eigenvalue weighted by Crippen LogP contribution is -2.33. The third kappa shape index (κ3) is 4.03. The molecule has 1 N–H and O–H groups in total. The summed E-state index contributed by atoms with van der Waals surface area (Å²) < 4.78 is 0. The van der Waals surface area contributed by atoms with Gasteiger partial charge in [0.25, 0.3) is 11.8 Å². The first kappa shape index (κ1) is 18.3. The molecule has 0 spiro atoms. The van der Waals surface area contributed by atoms with Crippen molar-refractivity contribution in [1.82, 2.24) is 10.4 Å². The average molecular weight is 366 g/mol. The summed E-state index contributed by atoms with van der Waals surface area (Å²) in [4.78, 5) is 53.1. The van der Waals surface area contributed by atoms with Gasteiger partial charge in [-0.05, 0) is 24.6 Å². The Bertz CT molecular complexity index is 859. The highest BCUT2D eigenvalue weighted by Crippen LogP contribution is 2.23. The van der Waals surface area contributed by atoms with Crippen LogP contribution in [0.5, 0.6) is 0 Å². The minimum Gasteiger partial charge on any atom is -0.350 e. The Morgan fingerprint density at radius 2 is 1.48 bits per heavy atom. The highest BCUT2D eigenvalue weighted by molar-refractivity contribution is 6.20. The van der Waals surface area contributed by atoms with Gasteiger partial charge in [0.2, 0.25) is 5.91 Å². The van der Waals surface area contributed by atoms with Crippen molar-refractivity contribution in [3.63, 3.8) is 0 Å². The molecule has 0 saturated carbocycles. The zero-order chi connectivity index (χ0) is 19.4. The monoisotopic (exact) mass is 366 g/mol. The molecule has 0 aromatic heterocycles. The van der Waals surface area contributed by atoms with Crippen LogP contribution in [0.2, 0.25) is 0 Å². The largest absolute Gasteiger partial charge is 0.350 e. The lowest BCUT2D eigenvalue weighted by Gasteiger charge is -2.15. The summed E-state index contributed by atoms with van der Waals surface area (Å²) in [6.45, 7) is 1.84. The summed E-state index contributed by atoms with van der Waals surface area (Å²) in [5.41, 5.74) is 1.31. The van der Waals surface area contributed by atoms with Crippen molar-refractivity contribution in [2.75, 3.05) is 0 Å². The fourth-order valence-electron chi connectivity index (χ4n) is 2.75. The van der Waals surface area contributed by atoms with Gasteiger partial charge in [-0.25, -0.2) is 4.79 Å². The molecule has 0 unspecified atom stereocenters. The van der Waals surface area contributed by atoms with Gasteiger partial charge in [-0.15, -0.1) is 0 Å².